The SMILES string of the molecule is NS(=O)(=O)c1ccc(NC(=O)CCc2nc(-c3ccc(F)cc3)no2)cc1. The maximum Gasteiger partial charge on any atom is 0.238 e. The molecular weight excluding hydrogens is 375 g/mol. The van der Waals surface area contributed by atoms with Gasteiger partial charge < -0.3 is 9.84 Å². The molecule has 10 heteroatoms. The Morgan fingerprint density at radius 3 is 2.41 bits per heavy atom. The first-order valence-electron chi connectivity index (χ1n) is 7.82. The molecule has 1 amide bonds. The fourth-order valence-electron chi connectivity index (χ4n) is 2.24. The van der Waals surface area contributed by atoms with Crippen molar-refractivity contribution in [2.45, 2.75) is 17.7 Å². The molecule has 0 saturated heterocycles. The molecule has 0 saturated carbocycles. The molecule has 3 N–H and O–H groups in total. The van der Waals surface area contributed by atoms with Gasteiger partial charge in [-0.05, 0) is 48.5 Å². The minimum atomic E-state index is -3.78. The first kappa shape index (κ1) is 18.7. The van der Waals surface area contributed by atoms with E-state index in [1.165, 1.54) is 48.5 Å². The Hall–Kier alpha value is -3.11. The van der Waals surface area contributed by atoms with E-state index in [2.05, 4.69) is 15.5 Å². The van der Waals surface area contributed by atoms with Gasteiger partial charge in [0.15, 0.2) is 0 Å². The van der Waals surface area contributed by atoms with Crippen molar-refractivity contribution in [3.63, 3.8) is 0 Å². The lowest BCUT2D eigenvalue weighted by atomic mass is 10.2. The van der Waals surface area contributed by atoms with E-state index >= 15 is 0 Å². The average Bonchev–Trinajstić information content (AvgIpc) is 3.09. The van der Waals surface area contributed by atoms with Crippen LogP contribution in [0.15, 0.2) is 57.9 Å². The van der Waals surface area contributed by atoms with Crippen LogP contribution in [-0.4, -0.2) is 24.5 Å². The van der Waals surface area contributed by atoms with Crippen molar-refractivity contribution in [2.24, 2.45) is 5.14 Å². The molecule has 0 spiro atoms. The van der Waals surface area contributed by atoms with Gasteiger partial charge in [0, 0.05) is 24.1 Å². The van der Waals surface area contributed by atoms with E-state index < -0.39 is 10.0 Å². The van der Waals surface area contributed by atoms with E-state index in [1.54, 1.807) is 0 Å². The third-order valence-corrected chi connectivity index (χ3v) is 4.53. The lowest BCUT2D eigenvalue weighted by Crippen LogP contribution is -2.14. The Morgan fingerprint density at radius 2 is 1.78 bits per heavy atom. The van der Waals surface area contributed by atoms with Crippen LogP contribution in [0.2, 0.25) is 0 Å². The second-order valence-electron chi connectivity index (χ2n) is 5.64. The molecule has 3 rings (SSSR count). The highest BCUT2D eigenvalue weighted by atomic mass is 32.2. The molecule has 0 aliphatic rings. The number of anilines is 1. The largest absolute Gasteiger partial charge is 0.339 e. The van der Waals surface area contributed by atoms with Crippen molar-refractivity contribution in [1.82, 2.24) is 10.1 Å². The number of nitrogens with one attached hydrogen (secondary N) is 1. The fraction of sp³-hybridized carbons (Fsp3) is 0.118. The Bertz CT molecular complexity index is 1050. The smallest absolute Gasteiger partial charge is 0.238 e. The van der Waals surface area contributed by atoms with E-state index in [1.807, 2.05) is 0 Å². The van der Waals surface area contributed by atoms with Crippen LogP contribution < -0.4 is 10.5 Å². The average molecular weight is 390 g/mol. The van der Waals surface area contributed by atoms with Crippen LogP contribution >= 0.6 is 0 Å². The van der Waals surface area contributed by atoms with Crippen molar-refractivity contribution < 1.29 is 22.1 Å². The van der Waals surface area contributed by atoms with E-state index in [0.29, 0.717) is 17.1 Å². The molecule has 1 heterocycles. The molecule has 8 nitrogen and oxygen atoms in total. The summed E-state index contributed by atoms with van der Waals surface area (Å²) < 4.78 is 40.4. The summed E-state index contributed by atoms with van der Waals surface area (Å²) in [5, 5.41) is 11.4. The molecule has 0 unspecified atom stereocenters. The Kier molecular flexibility index (Phi) is 5.28. The zero-order valence-corrected chi connectivity index (χ0v) is 14.7. The van der Waals surface area contributed by atoms with Gasteiger partial charge >= 0.3 is 0 Å². The normalized spacial score (nSPS) is 11.3. The van der Waals surface area contributed by atoms with Crippen molar-refractivity contribution in [1.29, 1.82) is 0 Å². The van der Waals surface area contributed by atoms with Crippen LogP contribution in [0.3, 0.4) is 0 Å². The van der Waals surface area contributed by atoms with Crippen LogP contribution in [-0.2, 0) is 21.2 Å². The van der Waals surface area contributed by atoms with Gasteiger partial charge in [0.05, 0.1) is 4.90 Å². The number of amides is 1. The summed E-state index contributed by atoms with van der Waals surface area (Å²) in [4.78, 5) is 16.1. The summed E-state index contributed by atoms with van der Waals surface area (Å²) in [6, 6.07) is 11.1. The number of nitrogens with zero attached hydrogens (tertiary/aromatic N) is 2. The first-order valence-corrected chi connectivity index (χ1v) is 9.37. The molecule has 0 radical (unpaired) electrons. The van der Waals surface area contributed by atoms with Crippen LogP contribution in [0.1, 0.15) is 12.3 Å². The number of aryl methyl sites for hydroxylation is 1. The second kappa shape index (κ2) is 7.64. The van der Waals surface area contributed by atoms with Gasteiger partial charge in [-0.1, -0.05) is 5.16 Å². The molecule has 0 atom stereocenters. The minimum Gasteiger partial charge on any atom is -0.339 e. The number of hydrogen-bond acceptors (Lipinski definition) is 6. The molecule has 3 aromatic rings. The van der Waals surface area contributed by atoms with Gasteiger partial charge in [-0.25, -0.2) is 17.9 Å². The van der Waals surface area contributed by atoms with Crippen molar-refractivity contribution in [3.8, 4) is 11.4 Å². The number of carbonyl (C=O) groups is 1. The first-order chi connectivity index (χ1) is 12.8. The summed E-state index contributed by atoms with van der Waals surface area (Å²) >= 11 is 0. The number of aromatic nitrogens is 2. The molecule has 0 fully saturated rings. The van der Waals surface area contributed by atoms with Crippen LogP contribution in [0.25, 0.3) is 11.4 Å². The number of hydrogen-bond donors (Lipinski definition) is 2. The molecule has 1 aromatic heterocycles. The van der Waals surface area contributed by atoms with Crippen molar-refractivity contribution >= 4 is 21.6 Å². The lowest BCUT2D eigenvalue weighted by Gasteiger charge is -2.05. The van der Waals surface area contributed by atoms with E-state index in [-0.39, 0.29) is 35.4 Å². The van der Waals surface area contributed by atoms with Gasteiger partial charge in [-0.3, -0.25) is 4.79 Å². The van der Waals surface area contributed by atoms with E-state index in [4.69, 9.17) is 9.66 Å². The highest BCUT2D eigenvalue weighted by Crippen LogP contribution is 2.17. The molecule has 0 aliphatic heterocycles. The summed E-state index contributed by atoms with van der Waals surface area (Å²) in [6.07, 6.45) is 0.303. The van der Waals surface area contributed by atoms with Crippen molar-refractivity contribution in [2.75, 3.05) is 5.32 Å². The summed E-state index contributed by atoms with van der Waals surface area (Å²) in [6.45, 7) is 0. The highest BCUT2D eigenvalue weighted by molar-refractivity contribution is 7.89. The molecular formula is C17H15FN4O4S. The quantitative estimate of drug-likeness (QED) is 0.663. The number of benzene rings is 2. The van der Waals surface area contributed by atoms with Gasteiger partial charge in [0.2, 0.25) is 27.6 Å². The summed E-state index contributed by atoms with van der Waals surface area (Å²) in [5.74, 6) is -0.0887. The maximum atomic E-state index is 12.9. The number of nitrogens with two attached hydrogens (primary N) is 1. The van der Waals surface area contributed by atoms with Crippen molar-refractivity contribution in [3.05, 3.63) is 60.2 Å². The number of carbonyl (C=O) groups excluding carboxylic acids is 1. The van der Waals surface area contributed by atoms with E-state index in [0.717, 1.165) is 0 Å². The second-order valence-corrected chi connectivity index (χ2v) is 7.20. The third kappa shape index (κ3) is 4.96. The van der Waals surface area contributed by atoms with Crippen LogP contribution in [0.5, 0.6) is 0 Å². The topological polar surface area (TPSA) is 128 Å². The standard InChI is InChI=1S/C17H15FN4O4S/c18-12-3-1-11(2-4-12)17-21-16(26-22-17)10-9-15(23)20-13-5-7-14(8-6-13)27(19,24)25/h1-8H,9-10H2,(H,20,23)(H2,19,24,25). The van der Waals surface area contributed by atoms with Gasteiger partial charge in [0.1, 0.15) is 5.82 Å². The number of halogens is 1. The fourth-order valence-corrected chi connectivity index (χ4v) is 2.76. The third-order valence-electron chi connectivity index (χ3n) is 3.60. The predicted molar refractivity (Wildman–Crippen MR) is 94.5 cm³/mol. The van der Waals surface area contributed by atoms with Gasteiger partial charge in [-0.2, -0.15) is 4.98 Å². The van der Waals surface area contributed by atoms with Crippen LogP contribution in [0, 0.1) is 5.82 Å². The summed E-state index contributed by atoms with van der Waals surface area (Å²) in [7, 11) is -3.78. The molecule has 140 valence electrons. The Morgan fingerprint density at radius 1 is 1.11 bits per heavy atom. The Balaban J connectivity index is 1.56. The molecule has 0 bridgehead atoms. The predicted octanol–water partition coefficient (Wildman–Crippen LogP) is 2.09. The minimum absolute atomic E-state index is 0.0420. The monoisotopic (exact) mass is 390 g/mol. The van der Waals surface area contributed by atoms with Gasteiger partial charge in [-0.15, -0.1) is 0 Å². The molecule has 2 aromatic carbocycles. The summed E-state index contributed by atoms with van der Waals surface area (Å²) in [5.41, 5.74) is 1.04. The highest BCUT2D eigenvalue weighted by Gasteiger charge is 2.12. The maximum absolute atomic E-state index is 12.9. The Labute approximate surface area is 154 Å². The molecule has 0 aliphatic carbocycles. The number of rotatable bonds is 6. The zero-order chi connectivity index (χ0) is 19.4. The lowest BCUT2D eigenvalue weighted by molar-refractivity contribution is -0.116. The van der Waals surface area contributed by atoms with E-state index in [9.17, 15) is 17.6 Å². The number of primary sulfonamides is 1. The van der Waals surface area contributed by atoms with Crippen LogP contribution in [0.4, 0.5) is 10.1 Å². The number of sulfonamides is 1. The zero-order valence-electron chi connectivity index (χ0n) is 13.9. The van der Waals surface area contributed by atoms with Gasteiger partial charge in [0.25, 0.3) is 0 Å². The molecule has 27 heavy (non-hydrogen) atoms.